The highest BCUT2D eigenvalue weighted by Gasteiger charge is 2.04. The number of hydrogen-bond donors (Lipinski definition) is 1. The van der Waals surface area contributed by atoms with Crippen molar-refractivity contribution in [3.63, 3.8) is 0 Å². The Bertz CT molecular complexity index is 573. The highest BCUT2D eigenvalue weighted by molar-refractivity contribution is 6.34. The van der Waals surface area contributed by atoms with Crippen LogP contribution in [0, 0.1) is 0 Å². The minimum atomic E-state index is 0.532. The Labute approximate surface area is 134 Å². The molecular weight excluding hydrogens is 309 g/mol. The van der Waals surface area contributed by atoms with Crippen molar-refractivity contribution in [3.05, 3.63) is 58.1 Å². The molecule has 0 aromatic heterocycles. The second-order valence-electron chi connectivity index (χ2n) is 4.49. The van der Waals surface area contributed by atoms with Gasteiger partial charge in [-0.15, -0.1) is 0 Å². The van der Waals surface area contributed by atoms with Gasteiger partial charge in [0, 0.05) is 31.3 Å². The number of benzene rings is 2. The topological polar surface area (TPSA) is 30.5 Å². The zero-order valence-corrected chi connectivity index (χ0v) is 13.2. The normalized spacial score (nSPS) is 10.6. The summed E-state index contributed by atoms with van der Waals surface area (Å²) in [5.41, 5.74) is 1.18. The first kappa shape index (κ1) is 16.1. The van der Waals surface area contributed by atoms with Crippen LogP contribution in [-0.2, 0) is 11.3 Å². The number of rotatable bonds is 7. The highest BCUT2D eigenvalue weighted by atomic mass is 35.5. The van der Waals surface area contributed by atoms with Crippen LogP contribution in [0.5, 0.6) is 11.5 Å². The number of halogens is 2. The fourth-order valence-corrected chi connectivity index (χ4v) is 2.08. The monoisotopic (exact) mass is 325 g/mol. The second kappa shape index (κ2) is 8.25. The first-order valence-corrected chi connectivity index (χ1v) is 7.36. The average Bonchev–Trinajstić information content (AvgIpc) is 2.49. The minimum Gasteiger partial charge on any atom is -0.456 e. The zero-order valence-electron chi connectivity index (χ0n) is 11.7. The Kier molecular flexibility index (Phi) is 6.33. The molecule has 0 spiro atoms. The first-order chi connectivity index (χ1) is 10.2. The molecule has 112 valence electrons. The second-order valence-corrected chi connectivity index (χ2v) is 5.33. The summed E-state index contributed by atoms with van der Waals surface area (Å²) >= 11 is 12.0. The molecule has 3 nitrogen and oxygen atoms in total. The van der Waals surface area contributed by atoms with Crippen molar-refractivity contribution in [1.29, 1.82) is 0 Å². The van der Waals surface area contributed by atoms with Gasteiger partial charge < -0.3 is 14.8 Å². The third kappa shape index (κ3) is 5.21. The molecule has 2 aromatic carbocycles. The van der Waals surface area contributed by atoms with Gasteiger partial charge >= 0.3 is 0 Å². The van der Waals surface area contributed by atoms with Crippen LogP contribution >= 0.6 is 23.2 Å². The molecule has 5 heteroatoms. The molecule has 0 atom stereocenters. The smallest absolute Gasteiger partial charge is 0.147 e. The lowest BCUT2D eigenvalue weighted by molar-refractivity contribution is 0.199. The fraction of sp³-hybridized carbons (Fsp3) is 0.250. The maximum Gasteiger partial charge on any atom is 0.147 e. The Morgan fingerprint density at radius 1 is 1.05 bits per heavy atom. The predicted molar refractivity (Wildman–Crippen MR) is 86.6 cm³/mol. The van der Waals surface area contributed by atoms with Gasteiger partial charge in [0.1, 0.15) is 11.5 Å². The van der Waals surface area contributed by atoms with E-state index < -0.39 is 0 Å². The summed E-state index contributed by atoms with van der Waals surface area (Å²) in [6, 6.07) is 13.0. The molecular formula is C16H17Cl2NO2. The standard InChI is InChI=1S/C16H17Cl2NO2/c1-20-9-8-19-11-12-2-5-14(6-3-12)21-16-10-13(17)4-7-15(16)18/h2-7,10,19H,8-9,11H2,1H3. The van der Waals surface area contributed by atoms with Gasteiger partial charge in [-0.1, -0.05) is 35.3 Å². The number of ether oxygens (including phenoxy) is 2. The van der Waals surface area contributed by atoms with Crippen molar-refractivity contribution in [1.82, 2.24) is 5.32 Å². The molecule has 2 rings (SSSR count). The van der Waals surface area contributed by atoms with Crippen LogP contribution in [0.25, 0.3) is 0 Å². The van der Waals surface area contributed by atoms with Crippen molar-refractivity contribution in [2.45, 2.75) is 6.54 Å². The summed E-state index contributed by atoms with van der Waals surface area (Å²) in [7, 11) is 1.69. The summed E-state index contributed by atoms with van der Waals surface area (Å²) in [5.74, 6) is 1.27. The van der Waals surface area contributed by atoms with E-state index in [4.69, 9.17) is 32.7 Å². The van der Waals surface area contributed by atoms with E-state index >= 15 is 0 Å². The molecule has 2 aromatic rings. The Hall–Kier alpha value is -1.26. The molecule has 0 bridgehead atoms. The minimum absolute atomic E-state index is 0.532. The summed E-state index contributed by atoms with van der Waals surface area (Å²) in [6.45, 7) is 2.32. The fourth-order valence-electron chi connectivity index (χ4n) is 1.76. The lowest BCUT2D eigenvalue weighted by Gasteiger charge is -2.09. The SMILES string of the molecule is COCCNCc1ccc(Oc2cc(Cl)ccc2Cl)cc1. The van der Waals surface area contributed by atoms with E-state index in [1.165, 1.54) is 5.56 Å². The van der Waals surface area contributed by atoms with Crippen LogP contribution < -0.4 is 10.1 Å². The van der Waals surface area contributed by atoms with Crippen molar-refractivity contribution >= 4 is 23.2 Å². The molecule has 0 saturated heterocycles. The van der Waals surface area contributed by atoms with Crippen LogP contribution in [0.15, 0.2) is 42.5 Å². The molecule has 0 radical (unpaired) electrons. The largest absolute Gasteiger partial charge is 0.456 e. The van der Waals surface area contributed by atoms with Crippen LogP contribution in [-0.4, -0.2) is 20.3 Å². The molecule has 21 heavy (non-hydrogen) atoms. The van der Waals surface area contributed by atoms with Gasteiger partial charge in [-0.25, -0.2) is 0 Å². The van der Waals surface area contributed by atoms with Crippen LogP contribution in [0.4, 0.5) is 0 Å². The van der Waals surface area contributed by atoms with E-state index in [2.05, 4.69) is 5.32 Å². The maximum absolute atomic E-state index is 6.07. The molecule has 1 N–H and O–H groups in total. The lowest BCUT2D eigenvalue weighted by Crippen LogP contribution is -2.18. The van der Waals surface area contributed by atoms with Gasteiger partial charge in [-0.05, 0) is 29.8 Å². The molecule has 0 heterocycles. The number of hydrogen-bond acceptors (Lipinski definition) is 3. The highest BCUT2D eigenvalue weighted by Crippen LogP contribution is 2.31. The number of methoxy groups -OCH3 is 1. The van der Waals surface area contributed by atoms with E-state index in [0.717, 1.165) is 18.8 Å². The van der Waals surface area contributed by atoms with Crippen molar-refractivity contribution in [3.8, 4) is 11.5 Å². The average molecular weight is 326 g/mol. The lowest BCUT2D eigenvalue weighted by atomic mass is 10.2. The van der Waals surface area contributed by atoms with E-state index in [-0.39, 0.29) is 0 Å². The third-order valence-corrected chi connectivity index (χ3v) is 3.40. The molecule has 0 aliphatic carbocycles. The molecule has 0 amide bonds. The molecule has 0 unspecified atom stereocenters. The van der Waals surface area contributed by atoms with Gasteiger partial charge in [0.2, 0.25) is 0 Å². The van der Waals surface area contributed by atoms with E-state index in [1.807, 2.05) is 24.3 Å². The third-order valence-electron chi connectivity index (χ3n) is 2.86. The van der Waals surface area contributed by atoms with Gasteiger partial charge in [-0.2, -0.15) is 0 Å². The maximum atomic E-state index is 6.07. The molecule has 0 saturated carbocycles. The van der Waals surface area contributed by atoms with E-state index in [1.54, 1.807) is 25.3 Å². The van der Waals surface area contributed by atoms with Crippen molar-refractivity contribution in [2.24, 2.45) is 0 Å². The van der Waals surface area contributed by atoms with Crippen molar-refractivity contribution in [2.75, 3.05) is 20.3 Å². The summed E-state index contributed by atoms with van der Waals surface area (Å²) < 4.78 is 10.7. The Balaban J connectivity index is 1.94. The molecule has 0 aliphatic heterocycles. The quantitative estimate of drug-likeness (QED) is 0.759. The van der Waals surface area contributed by atoms with Crippen molar-refractivity contribution < 1.29 is 9.47 Å². The summed E-state index contributed by atoms with van der Waals surface area (Å²) in [6.07, 6.45) is 0. The van der Waals surface area contributed by atoms with E-state index in [9.17, 15) is 0 Å². The number of nitrogens with one attached hydrogen (secondary N) is 1. The van der Waals surface area contributed by atoms with Gasteiger partial charge in [-0.3, -0.25) is 0 Å². The van der Waals surface area contributed by atoms with Gasteiger partial charge in [0.05, 0.1) is 11.6 Å². The summed E-state index contributed by atoms with van der Waals surface area (Å²) in [4.78, 5) is 0. The predicted octanol–water partition coefficient (Wildman–Crippen LogP) is 4.52. The van der Waals surface area contributed by atoms with E-state index in [0.29, 0.717) is 22.4 Å². The van der Waals surface area contributed by atoms with Gasteiger partial charge in [0.25, 0.3) is 0 Å². The first-order valence-electron chi connectivity index (χ1n) is 6.60. The molecule has 0 aliphatic rings. The van der Waals surface area contributed by atoms with Crippen LogP contribution in [0.2, 0.25) is 10.0 Å². The Morgan fingerprint density at radius 2 is 1.81 bits per heavy atom. The zero-order chi connectivity index (χ0) is 15.1. The molecule has 0 fully saturated rings. The summed E-state index contributed by atoms with van der Waals surface area (Å²) in [5, 5.41) is 4.41. The Morgan fingerprint density at radius 3 is 2.52 bits per heavy atom. The van der Waals surface area contributed by atoms with Crippen LogP contribution in [0.1, 0.15) is 5.56 Å². The van der Waals surface area contributed by atoms with Crippen LogP contribution in [0.3, 0.4) is 0 Å². The van der Waals surface area contributed by atoms with Gasteiger partial charge in [0.15, 0.2) is 0 Å².